The first-order valence-corrected chi connectivity index (χ1v) is 8.54. The van der Waals surface area contributed by atoms with Crippen LogP contribution in [0.15, 0.2) is 48.5 Å². The molecule has 1 heterocycles. The highest BCUT2D eigenvalue weighted by molar-refractivity contribution is 5.85. The standard InChI is InChI=1S/C20H26N2O2.ClH/c1-3-24-20-11-15(9-10-19(20)23-2)12-22-13-17(18(21)14-22)16-7-5-4-6-8-16;/h4-11,17-18H,3,12-14,21H2,1-2H3;1H/t17-,18+;/m0./s1. The van der Waals surface area contributed by atoms with Crippen LogP contribution in [0.4, 0.5) is 0 Å². The maximum absolute atomic E-state index is 6.39. The zero-order chi connectivity index (χ0) is 16.9. The molecule has 0 radical (unpaired) electrons. The van der Waals surface area contributed by atoms with E-state index < -0.39 is 0 Å². The predicted octanol–water partition coefficient (Wildman–Crippen LogP) is 3.44. The van der Waals surface area contributed by atoms with Gasteiger partial charge in [0.25, 0.3) is 0 Å². The molecule has 1 aliphatic rings. The quantitative estimate of drug-likeness (QED) is 0.855. The van der Waals surface area contributed by atoms with Crippen LogP contribution in [0.25, 0.3) is 0 Å². The van der Waals surface area contributed by atoms with Crippen molar-refractivity contribution in [2.75, 3.05) is 26.8 Å². The number of benzene rings is 2. The van der Waals surface area contributed by atoms with Gasteiger partial charge in [-0.15, -0.1) is 12.4 Å². The Morgan fingerprint density at radius 1 is 1.08 bits per heavy atom. The summed E-state index contributed by atoms with van der Waals surface area (Å²) in [6.07, 6.45) is 0. The van der Waals surface area contributed by atoms with Crippen molar-refractivity contribution in [3.05, 3.63) is 59.7 Å². The lowest BCUT2D eigenvalue weighted by molar-refractivity contribution is 0.305. The molecule has 3 rings (SSSR count). The van der Waals surface area contributed by atoms with Crippen molar-refractivity contribution in [3.8, 4) is 11.5 Å². The summed E-state index contributed by atoms with van der Waals surface area (Å²) in [6, 6.07) is 16.9. The van der Waals surface area contributed by atoms with Crippen LogP contribution in [0.5, 0.6) is 11.5 Å². The Morgan fingerprint density at radius 3 is 2.52 bits per heavy atom. The van der Waals surface area contributed by atoms with Crippen LogP contribution in [0.2, 0.25) is 0 Å². The maximum Gasteiger partial charge on any atom is 0.161 e. The van der Waals surface area contributed by atoms with Crippen molar-refractivity contribution >= 4 is 12.4 Å². The average Bonchev–Trinajstić information content (AvgIpc) is 2.96. The van der Waals surface area contributed by atoms with Gasteiger partial charge in [-0.05, 0) is 30.2 Å². The normalized spacial score (nSPS) is 20.1. The molecule has 4 nitrogen and oxygen atoms in total. The van der Waals surface area contributed by atoms with Gasteiger partial charge in [0, 0.05) is 31.6 Å². The van der Waals surface area contributed by atoms with Crippen molar-refractivity contribution in [1.82, 2.24) is 4.90 Å². The van der Waals surface area contributed by atoms with E-state index in [1.807, 2.05) is 19.1 Å². The molecule has 0 amide bonds. The van der Waals surface area contributed by atoms with Crippen molar-refractivity contribution in [2.24, 2.45) is 5.73 Å². The molecule has 0 spiro atoms. The minimum absolute atomic E-state index is 0. The predicted molar refractivity (Wildman–Crippen MR) is 104 cm³/mol. The molecular formula is C20H27ClN2O2. The molecule has 0 saturated carbocycles. The third kappa shape index (κ3) is 4.66. The van der Waals surface area contributed by atoms with E-state index >= 15 is 0 Å². The number of ether oxygens (including phenoxy) is 2. The Balaban J connectivity index is 0.00000225. The highest BCUT2D eigenvalue weighted by atomic mass is 35.5. The van der Waals surface area contributed by atoms with Crippen LogP contribution in [0, 0.1) is 0 Å². The summed E-state index contributed by atoms with van der Waals surface area (Å²) < 4.78 is 11.0. The van der Waals surface area contributed by atoms with Crippen LogP contribution in [0.3, 0.4) is 0 Å². The lowest BCUT2D eigenvalue weighted by atomic mass is 9.95. The van der Waals surface area contributed by atoms with Gasteiger partial charge in [-0.2, -0.15) is 0 Å². The van der Waals surface area contributed by atoms with Gasteiger partial charge in [-0.1, -0.05) is 36.4 Å². The summed E-state index contributed by atoms with van der Waals surface area (Å²) in [7, 11) is 1.67. The maximum atomic E-state index is 6.39. The second-order valence-corrected chi connectivity index (χ2v) is 6.29. The number of hydrogen-bond acceptors (Lipinski definition) is 4. The van der Waals surface area contributed by atoms with E-state index in [0.717, 1.165) is 31.1 Å². The molecule has 2 aromatic carbocycles. The summed E-state index contributed by atoms with van der Waals surface area (Å²) >= 11 is 0. The fourth-order valence-electron chi connectivity index (χ4n) is 3.44. The molecule has 1 saturated heterocycles. The highest BCUT2D eigenvalue weighted by Gasteiger charge is 2.31. The molecule has 0 unspecified atom stereocenters. The molecule has 0 bridgehead atoms. The lowest BCUT2D eigenvalue weighted by Gasteiger charge is -2.17. The Hall–Kier alpha value is -1.75. The molecule has 2 N–H and O–H groups in total. The fourth-order valence-corrected chi connectivity index (χ4v) is 3.44. The Bertz CT molecular complexity index is 666. The SMILES string of the molecule is CCOc1cc(CN2C[C@@H](N)[C@H](c3ccccc3)C2)ccc1OC.Cl. The molecule has 136 valence electrons. The van der Waals surface area contributed by atoms with Gasteiger partial charge in [0.05, 0.1) is 13.7 Å². The third-order valence-electron chi connectivity index (χ3n) is 4.60. The van der Waals surface area contributed by atoms with E-state index in [4.69, 9.17) is 15.2 Å². The third-order valence-corrected chi connectivity index (χ3v) is 4.60. The van der Waals surface area contributed by atoms with Crippen molar-refractivity contribution in [1.29, 1.82) is 0 Å². The summed E-state index contributed by atoms with van der Waals surface area (Å²) in [6.45, 7) is 5.39. The Morgan fingerprint density at radius 2 is 1.84 bits per heavy atom. The molecule has 1 aliphatic heterocycles. The van der Waals surface area contributed by atoms with Gasteiger partial charge in [0.15, 0.2) is 11.5 Å². The second kappa shape index (κ2) is 9.09. The molecule has 5 heteroatoms. The van der Waals surface area contributed by atoms with Crippen molar-refractivity contribution in [3.63, 3.8) is 0 Å². The number of halogens is 1. The van der Waals surface area contributed by atoms with Crippen LogP contribution < -0.4 is 15.2 Å². The molecule has 2 atom stereocenters. The van der Waals surface area contributed by atoms with Gasteiger partial charge in [-0.3, -0.25) is 4.90 Å². The number of nitrogens with zero attached hydrogens (tertiary/aromatic N) is 1. The summed E-state index contributed by atoms with van der Waals surface area (Å²) in [5.74, 6) is 1.98. The topological polar surface area (TPSA) is 47.7 Å². The zero-order valence-electron chi connectivity index (χ0n) is 14.9. The van der Waals surface area contributed by atoms with Gasteiger partial charge in [0.2, 0.25) is 0 Å². The Kier molecular flexibility index (Phi) is 7.12. The number of hydrogen-bond donors (Lipinski definition) is 1. The first kappa shape index (κ1) is 19.6. The van der Waals surface area contributed by atoms with E-state index in [1.54, 1.807) is 7.11 Å². The molecular weight excluding hydrogens is 336 g/mol. The van der Waals surface area contributed by atoms with Crippen LogP contribution in [-0.4, -0.2) is 37.7 Å². The van der Waals surface area contributed by atoms with E-state index in [2.05, 4.69) is 41.3 Å². The van der Waals surface area contributed by atoms with Gasteiger partial charge >= 0.3 is 0 Å². The molecule has 1 fully saturated rings. The van der Waals surface area contributed by atoms with Gasteiger partial charge in [0.1, 0.15) is 0 Å². The van der Waals surface area contributed by atoms with Crippen LogP contribution in [-0.2, 0) is 6.54 Å². The second-order valence-electron chi connectivity index (χ2n) is 6.29. The van der Waals surface area contributed by atoms with E-state index in [0.29, 0.717) is 12.5 Å². The first-order chi connectivity index (χ1) is 11.7. The van der Waals surface area contributed by atoms with Crippen LogP contribution >= 0.6 is 12.4 Å². The van der Waals surface area contributed by atoms with Crippen molar-refractivity contribution < 1.29 is 9.47 Å². The molecule has 2 aromatic rings. The monoisotopic (exact) mass is 362 g/mol. The number of rotatable bonds is 6. The van der Waals surface area contributed by atoms with Crippen LogP contribution in [0.1, 0.15) is 24.0 Å². The van der Waals surface area contributed by atoms with Gasteiger partial charge < -0.3 is 15.2 Å². The summed E-state index contributed by atoms with van der Waals surface area (Å²) in [5, 5.41) is 0. The smallest absolute Gasteiger partial charge is 0.161 e. The largest absolute Gasteiger partial charge is 0.493 e. The Labute approximate surface area is 156 Å². The summed E-state index contributed by atoms with van der Waals surface area (Å²) in [4.78, 5) is 2.42. The number of methoxy groups -OCH3 is 1. The zero-order valence-corrected chi connectivity index (χ0v) is 15.7. The van der Waals surface area contributed by atoms with Gasteiger partial charge in [-0.25, -0.2) is 0 Å². The summed E-state index contributed by atoms with van der Waals surface area (Å²) in [5.41, 5.74) is 8.95. The minimum Gasteiger partial charge on any atom is -0.493 e. The lowest BCUT2D eigenvalue weighted by Crippen LogP contribution is -2.28. The molecule has 0 aromatic heterocycles. The van der Waals surface area contributed by atoms with Crippen molar-refractivity contribution in [2.45, 2.75) is 25.4 Å². The number of nitrogens with two attached hydrogens (primary N) is 1. The molecule has 25 heavy (non-hydrogen) atoms. The number of likely N-dealkylation sites (tertiary alicyclic amines) is 1. The van der Waals surface area contributed by atoms with E-state index in [-0.39, 0.29) is 18.4 Å². The fraction of sp³-hybridized carbons (Fsp3) is 0.400. The average molecular weight is 363 g/mol. The highest BCUT2D eigenvalue weighted by Crippen LogP contribution is 2.31. The van der Waals surface area contributed by atoms with E-state index in [1.165, 1.54) is 11.1 Å². The van der Waals surface area contributed by atoms with E-state index in [9.17, 15) is 0 Å². The minimum atomic E-state index is 0. The first-order valence-electron chi connectivity index (χ1n) is 8.54. The molecule has 0 aliphatic carbocycles.